The second kappa shape index (κ2) is 44.0. The summed E-state index contributed by atoms with van der Waals surface area (Å²) < 4.78 is 113. The number of hydrogen-bond acceptors (Lipinski definition) is 25. The first-order chi connectivity index (χ1) is 60.7. The molecule has 4 fully saturated rings. The third-order valence-corrected chi connectivity index (χ3v) is 25.5. The SMILES string of the molecule is CCCC1O[C@@H]2C[C@H]3[C@@H]4C[C@H](F)C5=CC(=O)C=C[C@]5(C)[C@@]4(F)[C@@H](O)C[C@]3(C)[C@]2(C(=O)COc2ccc(NC(=O)OCc3ccc(NC(=O)[C@H](CCCNC(N)=O)CC(=O)[C@@H](NC(=O)[C@@H](CCC(=O)NCCS(=O)(=O)O)NC(=O)CCOCCOCCOCCOCCCC(=O)CCC(=O)N4Cc5ccccc5C5=C(NNN5C)c5ccccc54)C(C)C)cc3)cc2)O1. The molecule has 34 nitrogen and oxygen atoms in total. The van der Waals surface area contributed by atoms with Crippen molar-refractivity contribution in [2.45, 2.75) is 192 Å². The predicted molar refractivity (Wildman–Crippen MR) is 461 cm³/mol. The fraction of sp³-hybridized carbons (Fsp3) is 0.544. The van der Waals surface area contributed by atoms with Crippen LogP contribution in [0.3, 0.4) is 0 Å². The molecule has 3 aliphatic heterocycles. The molecule has 8 amide bonds. The number of Topliss-reactive ketones (excluding diaryl/α,β-unsaturated/α-hetero) is 3. The van der Waals surface area contributed by atoms with Gasteiger partial charge in [-0.25, -0.2) is 18.4 Å². The number of allylic oxidation sites excluding steroid dienone is 4. The highest BCUT2D eigenvalue weighted by molar-refractivity contribution is 7.85. The number of rotatable bonds is 47. The number of fused-ring (bicyclic) bond motifs is 11. The second-order valence-corrected chi connectivity index (χ2v) is 35.3. The molecule has 3 heterocycles. The summed E-state index contributed by atoms with van der Waals surface area (Å²) in [4.78, 5) is 149. The highest BCUT2D eigenvalue weighted by Crippen LogP contribution is 2.72. The lowest BCUT2D eigenvalue weighted by atomic mass is 9.44. The lowest BCUT2D eigenvalue weighted by Crippen LogP contribution is -2.71. The maximum Gasteiger partial charge on any atom is 0.411 e. The number of alkyl halides is 2. The number of ether oxygens (including phenoxy) is 8. The smallest absolute Gasteiger partial charge is 0.411 e. The van der Waals surface area contributed by atoms with E-state index in [0.717, 1.165) is 39.8 Å². The number of primary amides is 1. The van der Waals surface area contributed by atoms with E-state index in [0.29, 0.717) is 49.4 Å². The fourth-order valence-electron chi connectivity index (χ4n) is 18.4. The average Bonchev–Trinajstić information content (AvgIpc) is 1.52. The summed E-state index contributed by atoms with van der Waals surface area (Å²) >= 11 is 0. The standard InChI is InChI=1S/C90H117F2N11O23S/c1-7-14-79-125-75-50-66-67-49-69(91)68-48-62(105)33-35-87(68,4)89(67,92)73(107)51-88(66,5)90(75,126-79)74(108)54-123-63-28-25-60(26-29-63)97-86(115)124-53-56-21-23-59(24-22-56)96-83(112)57(16-12-36-95-85(93)114)47-72(106)80(55(2)3)99-84(113)70(30-31-76(109)94-37-46-127(116,117)118)98-77(110)34-39-120-41-43-122-45-44-121-42-40-119-38-13-17-61(104)27-32-78(111)103-52-58-15-8-9-18-64(58)82-81(100-101-102(82)6)65-19-10-11-20-71(65)103/h8-11,15,18-26,28-29,33,35,48,55,57,66-67,69-70,73,75,79-80,100-101,107H,7,12-14,16-17,27,30-32,34,36-47,49-54H2,1-6H3,(H,94,109)(H,96,112)(H,97,115)(H,98,110)(H,99,113)(H3,93,95,114)(H,116,117,118)/t57-,66+,67+,69+,70-,73+,75-,79?,80+,87+,88+,89+,90-/m1/s1. The number of amides is 8. The van der Waals surface area contributed by atoms with E-state index in [4.69, 9.17) is 43.6 Å². The molecule has 1 unspecified atom stereocenters. The van der Waals surface area contributed by atoms with Crippen LogP contribution >= 0.6 is 0 Å². The van der Waals surface area contributed by atoms with Crippen LogP contribution in [0.4, 0.5) is 35.4 Å². The molecule has 3 saturated carbocycles. The predicted octanol–water partition coefficient (Wildman–Crippen LogP) is 7.88. The highest BCUT2D eigenvalue weighted by atomic mass is 32.2. The van der Waals surface area contributed by atoms with E-state index in [1.54, 1.807) is 49.9 Å². The summed E-state index contributed by atoms with van der Waals surface area (Å²) in [5, 5.41) is 29.4. The number of aliphatic hydroxyl groups is 1. The van der Waals surface area contributed by atoms with Gasteiger partial charge in [0.1, 0.15) is 37.0 Å². The van der Waals surface area contributed by atoms with Gasteiger partial charge in [0.05, 0.1) is 93.9 Å². The molecule has 127 heavy (non-hydrogen) atoms. The molecule has 0 bridgehead atoms. The number of aliphatic hydroxyl groups excluding tert-OH is 1. The number of nitrogens with zero attached hydrogens (tertiary/aromatic N) is 2. The van der Waals surface area contributed by atoms with Crippen LogP contribution in [-0.4, -0.2) is 221 Å². The normalized spacial score (nSPS) is 23.8. The van der Waals surface area contributed by atoms with Crippen molar-refractivity contribution in [1.29, 1.82) is 0 Å². The van der Waals surface area contributed by atoms with Gasteiger partial charge in [0, 0.05) is 110 Å². The highest BCUT2D eigenvalue weighted by Gasteiger charge is 2.80. The van der Waals surface area contributed by atoms with Gasteiger partial charge in [0.25, 0.3) is 10.1 Å². The monoisotopic (exact) mass is 1790 g/mol. The Labute approximate surface area is 736 Å². The van der Waals surface area contributed by atoms with Gasteiger partial charge >= 0.3 is 12.1 Å². The number of carbonyl (C=O) groups is 11. The third kappa shape index (κ3) is 23.9. The lowest BCUT2D eigenvalue weighted by Gasteiger charge is -2.63. The quantitative estimate of drug-likeness (QED) is 0.0148. The van der Waals surface area contributed by atoms with Gasteiger partial charge in [-0.05, 0) is 141 Å². The van der Waals surface area contributed by atoms with Gasteiger partial charge in [0.2, 0.25) is 35.3 Å². The van der Waals surface area contributed by atoms with E-state index >= 15 is 8.78 Å². The van der Waals surface area contributed by atoms with Gasteiger partial charge in [-0.15, -0.1) is 5.53 Å². The first kappa shape index (κ1) is 97.1. The van der Waals surface area contributed by atoms with Crippen molar-refractivity contribution in [3.8, 4) is 5.75 Å². The summed E-state index contributed by atoms with van der Waals surface area (Å²) in [5.74, 6) is -8.48. The number of para-hydroxylation sites is 1. The van der Waals surface area contributed by atoms with Crippen molar-refractivity contribution in [2.75, 3.05) is 101 Å². The molecule has 4 aromatic rings. The fourth-order valence-corrected chi connectivity index (χ4v) is 18.7. The summed E-state index contributed by atoms with van der Waals surface area (Å²) in [5.41, 5.74) is 11.3. The van der Waals surface area contributed by atoms with Gasteiger partial charge in [-0.3, -0.25) is 58.0 Å². The number of hydrazine groups is 2. The van der Waals surface area contributed by atoms with E-state index in [1.807, 2.05) is 67.5 Å². The molecule has 0 radical (unpaired) electrons. The first-order valence-electron chi connectivity index (χ1n) is 43.2. The summed E-state index contributed by atoms with van der Waals surface area (Å²) in [6.07, 6.45) is -1.64. The number of anilines is 3. The Balaban J connectivity index is 0.588. The number of nitrogens with one attached hydrogen (secondary N) is 8. The maximum absolute atomic E-state index is 18.0. The molecule has 13 atom stereocenters. The molecular weight excluding hydrogens is 1670 g/mol. The summed E-state index contributed by atoms with van der Waals surface area (Å²) in [6, 6.07) is 24.5. The number of carbonyl (C=O) groups excluding carboxylic acids is 11. The minimum Gasteiger partial charge on any atom is -0.486 e. The molecule has 1 saturated heterocycles. The van der Waals surface area contributed by atoms with Crippen molar-refractivity contribution >= 4 is 103 Å². The minimum atomic E-state index is -4.43. The zero-order chi connectivity index (χ0) is 91.4. The van der Waals surface area contributed by atoms with Crippen molar-refractivity contribution < 1.29 is 117 Å². The molecule has 0 aromatic heterocycles. The number of benzene rings is 4. The number of halogens is 2. The van der Waals surface area contributed by atoms with Crippen LogP contribution < -0.4 is 58.2 Å². The van der Waals surface area contributed by atoms with Crippen LogP contribution in [0.5, 0.6) is 5.75 Å². The van der Waals surface area contributed by atoms with Crippen LogP contribution in [0.25, 0.3) is 11.4 Å². The molecule has 690 valence electrons. The zero-order valence-corrected chi connectivity index (χ0v) is 73.2. The van der Waals surface area contributed by atoms with E-state index in [-0.39, 0.29) is 147 Å². The van der Waals surface area contributed by atoms with Crippen molar-refractivity contribution in [1.82, 2.24) is 37.2 Å². The molecule has 0 spiro atoms. The van der Waals surface area contributed by atoms with Gasteiger partial charge in [0.15, 0.2) is 29.1 Å². The molecule has 12 N–H and O–H groups in total. The Kier molecular flexibility index (Phi) is 33.7. The average molecular weight is 1790 g/mol. The van der Waals surface area contributed by atoms with Gasteiger partial charge < -0.3 is 85.6 Å². The Morgan fingerprint density at radius 3 is 2.10 bits per heavy atom. The topological polar surface area (TPSA) is 465 Å². The van der Waals surface area contributed by atoms with E-state index < -0.39 is 177 Å². The molecule has 4 aromatic carbocycles. The summed E-state index contributed by atoms with van der Waals surface area (Å²) in [7, 11) is -2.50. The molecule has 11 rings (SSSR count). The first-order valence-corrected chi connectivity index (χ1v) is 44.8. The number of hydrogen-bond donors (Lipinski definition) is 11. The largest absolute Gasteiger partial charge is 0.486 e. The van der Waals surface area contributed by atoms with Gasteiger partial charge in [-0.1, -0.05) is 94.8 Å². The third-order valence-electron chi connectivity index (χ3n) is 24.8. The van der Waals surface area contributed by atoms with Crippen LogP contribution in [0.15, 0.2) is 121 Å². The maximum atomic E-state index is 18.0. The number of ketones is 4. The lowest BCUT2D eigenvalue weighted by molar-refractivity contribution is -0.234. The van der Waals surface area contributed by atoms with Crippen LogP contribution in [-0.2, 0) is 99.6 Å². The number of nitrogens with two attached hydrogens (primary N) is 1. The van der Waals surface area contributed by atoms with Crippen molar-refractivity contribution in [3.05, 3.63) is 143 Å². The van der Waals surface area contributed by atoms with Crippen LogP contribution in [0.2, 0.25) is 0 Å². The molecular formula is C90H117F2N11O23S. The molecule has 4 aliphatic carbocycles. The minimum absolute atomic E-state index is 0.0121. The van der Waals surface area contributed by atoms with E-state index in [2.05, 4.69) is 42.9 Å². The summed E-state index contributed by atoms with van der Waals surface area (Å²) in [6.45, 7) is 9.18. The second-order valence-electron chi connectivity index (χ2n) is 33.8. The Morgan fingerprint density at radius 1 is 0.740 bits per heavy atom. The Bertz CT molecular complexity index is 4850. The van der Waals surface area contributed by atoms with Crippen LogP contribution in [0.1, 0.15) is 153 Å². The van der Waals surface area contributed by atoms with Crippen molar-refractivity contribution in [2.24, 2.45) is 40.2 Å². The number of urea groups is 1. The Morgan fingerprint density at radius 2 is 1.41 bits per heavy atom. The van der Waals surface area contributed by atoms with E-state index in [1.165, 1.54) is 43.3 Å². The Hall–Kier alpha value is -10.5. The zero-order valence-electron chi connectivity index (χ0n) is 72.4. The van der Waals surface area contributed by atoms with Gasteiger partial charge in [-0.2, -0.15) is 8.42 Å². The molecule has 7 aliphatic rings. The van der Waals surface area contributed by atoms with Crippen molar-refractivity contribution in [3.63, 3.8) is 0 Å². The van der Waals surface area contributed by atoms with Crippen LogP contribution in [0, 0.1) is 34.5 Å². The van der Waals surface area contributed by atoms with E-state index in [9.17, 15) is 70.8 Å². The molecule has 37 heteroatoms.